The van der Waals surface area contributed by atoms with Crippen LogP contribution in [-0.4, -0.2) is 25.6 Å². The monoisotopic (exact) mass is 263 g/mol. The highest BCUT2D eigenvalue weighted by Crippen LogP contribution is 2.19. The zero-order valence-corrected chi connectivity index (χ0v) is 9.60. The largest absolute Gasteiger partial charge is 0.388 e. The number of aliphatic hydroxyl groups excluding tert-OH is 1. The topological polar surface area (TPSA) is 50.9 Å². The third-order valence-electron chi connectivity index (χ3n) is 1.42. The van der Waals surface area contributed by atoms with Gasteiger partial charge in [0, 0.05) is 12.8 Å². The minimum Gasteiger partial charge on any atom is -0.388 e. The van der Waals surface area contributed by atoms with Crippen LogP contribution in [0.1, 0.15) is 5.82 Å². The van der Waals surface area contributed by atoms with E-state index >= 15 is 0 Å². The van der Waals surface area contributed by atoms with Crippen LogP contribution in [-0.2, 0) is 13.7 Å². The average Bonchev–Trinajstić information content (AvgIpc) is 2.43. The molecular weight excluding hydrogens is 254 g/mol. The summed E-state index contributed by atoms with van der Waals surface area (Å²) >= 11 is 4.78. The Morgan fingerprint density at radius 2 is 2.38 bits per heavy atom. The average molecular weight is 264 g/mol. The van der Waals surface area contributed by atoms with E-state index < -0.39 is 0 Å². The maximum Gasteiger partial charge on any atom is 0.191 e. The molecule has 0 saturated carbocycles. The van der Waals surface area contributed by atoms with Gasteiger partial charge in [-0.25, -0.2) is 0 Å². The first kappa shape index (κ1) is 10.7. The minimum atomic E-state index is -0.0840. The van der Waals surface area contributed by atoms with E-state index in [1.807, 2.05) is 7.05 Å². The number of thioether (sulfide) groups is 1. The maximum absolute atomic E-state index is 8.85. The molecule has 0 aliphatic rings. The highest BCUT2D eigenvalue weighted by atomic mass is 79.9. The van der Waals surface area contributed by atoms with E-state index in [4.69, 9.17) is 5.11 Å². The van der Waals surface area contributed by atoms with Crippen molar-refractivity contribution >= 4 is 27.7 Å². The zero-order chi connectivity index (χ0) is 9.84. The predicted octanol–water partition coefficient (Wildman–Crippen LogP) is 1.31. The first-order chi connectivity index (χ1) is 6.15. The SMILES string of the molecule is C=C(Br)CSc1nnc(CO)n1C. The number of halogens is 1. The molecule has 0 aliphatic heterocycles. The van der Waals surface area contributed by atoms with E-state index in [2.05, 4.69) is 32.7 Å². The Bertz CT molecular complexity index is 313. The normalized spacial score (nSPS) is 10.4. The number of rotatable bonds is 4. The van der Waals surface area contributed by atoms with Crippen molar-refractivity contribution in [1.29, 1.82) is 0 Å². The summed E-state index contributed by atoms with van der Waals surface area (Å²) in [5, 5.41) is 17.4. The van der Waals surface area contributed by atoms with Crippen molar-refractivity contribution in [2.75, 3.05) is 5.75 Å². The zero-order valence-electron chi connectivity index (χ0n) is 7.20. The Balaban J connectivity index is 2.67. The van der Waals surface area contributed by atoms with Crippen LogP contribution in [0.4, 0.5) is 0 Å². The van der Waals surface area contributed by atoms with Crippen LogP contribution >= 0.6 is 27.7 Å². The summed E-state index contributed by atoms with van der Waals surface area (Å²) in [7, 11) is 1.82. The van der Waals surface area contributed by atoms with Gasteiger partial charge in [0.2, 0.25) is 0 Å². The summed E-state index contributed by atoms with van der Waals surface area (Å²) < 4.78 is 2.67. The van der Waals surface area contributed by atoms with Gasteiger partial charge < -0.3 is 9.67 Å². The molecule has 6 heteroatoms. The second-order valence-corrected chi connectivity index (χ2v) is 4.49. The Morgan fingerprint density at radius 1 is 1.69 bits per heavy atom. The van der Waals surface area contributed by atoms with Crippen molar-refractivity contribution in [3.8, 4) is 0 Å². The first-order valence-electron chi connectivity index (χ1n) is 3.60. The van der Waals surface area contributed by atoms with E-state index in [9.17, 15) is 0 Å². The Morgan fingerprint density at radius 3 is 2.85 bits per heavy atom. The minimum absolute atomic E-state index is 0.0840. The molecule has 1 N–H and O–H groups in total. The highest BCUT2D eigenvalue weighted by Gasteiger charge is 2.07. The van der Waals surface area contributed by atoms with Gasteiger partial charge in [0.25, 0.3) is 0 Å². The molecule has 4 nitrogen and oxygen atoms in total. The molecule has 72 valence electrons. The number of hydrogen-bond acceptors (Lipinski definition) is 4. The molecule has 1 heterocycles. The third-order valence-corrected chi connectivity index (χ3v) is 3.18. The molecule has 0 saturated heterocycles. The lowest BCUT2D eigenvalue weighted by molar-refractivity contribution is 0.266. The van der Waals surface area contributed by atoms with Gasteiger partial charge >= 0.3 is 0 Å². The Kier molecular flexibility index (Phi) is 3.95. The van der Waals surface area contributed by atoms with Crippen LogP contribution in [0.3, 0.4) is 0 Å². The summed E-state index contributed by atoms with van der Waals surface area (Å²) in [6.45, 7) is 3.63. The summed E-state index contributed by atoms with van der Waals surface area (Å²) in [6.07, 6.45) is 0. The fraction of sp³-hybridized carbons (Fsp3) is 0.429. The highest BCUT2D eigenvalue weighted by molar-refractivity contribution is 9.11. The molecule has 0 fully saturated rings. The lowest BCUT2D eigenvalue weighted by Crippen LogP contribution is -1.98. The lowest BCUT2D eigenvalue weighted by Gasteiger charge is -2.00. The van der Waals surface area contributed by atoms with Crippen LogP contribution in [0.5, 0.6) is 0 Å². The van der Waals surface area contributed by atoms with Gasteiger partial charge in [-0.3, -0.25) is 0 Å². The van der Waals surface area contributed by atoms with E-state index in [0.29, 0.717) is 5.82 Å². The van der Waals surface area contributed by atoms with Crippen LogP contribution in [0.15, 0.2) is 16.2 Å². The summed E-state index contributed by atoms with van der Waals surface area (Å²) in [5.41, 5.74) is 0. The molecule has 0 aliphatic carbocycles. The van der Waals surface area contributed by atoms with Crippen molar-refractivity contribution in [1.82, 2.24) is 14.8 Å². The molecule has 13 heavy (non-hydrogen) atoms. The van der Waals surface area contributed by atoms with Gasteiger partial charge in [-0.15, -0.1) is 10.2 Å². The molecule has 1 aromatic heterocycles. The molecule has 0 spiro atoms. The van der Waals surface area contributed by atoms with Gasteiger partial charge in [0.05, 0.1) is 0 Å². The number of hydrogen-bond donors (Lipinski definition) is 1. The van der Waals surface area contributed by atoms with Crippen molar-refractivity contribution < 1.29 is 5.11 Å². The standard InChI is InChI=1S/C7H10BrN3OS/c1-5(8)4-13-7-10-9-6(3-12)11(7)2/h12H,1,3-4H2,2H3. The maximum atomic E-state index is 8.85. The van der Waals surface area contributed by atoms with Crippen molar-refractivity contribution in [3.63, 3.8) is 0 Å². The van der Waals surface area contributed by atoms with E-state index in [1.165, 1.54) is 11.8 Å². The smallest absolute Gasteiger partial charge is 0.191 e. The van der Waals surface area contributed by atoms with Gasteiger partial charge in [0.1, 0.15) is 6.61 Å². The van der Waals surface area contributed by atoms with Crippen LogP contribution in [0.25, 0.3) is 0 Å². The molecule has 1 rings (SSSR count). The van der Waals surface area contributed by atoms with Gasteiger partial charge in [-0.1, -0.05) is 34.3 Å². The van der Waals surface area contributed by atoms with E-state index in [0.717, 1.165) is 15.4 Å². The molecule has 0 unspecified atom stereocenters. The molecule has 0 atom stereocenters. The quantitative estimate of drug-likeness (QED) is 0.833. The number of aliphatic hydroxyl groups is 1. The number of aromatic nitrogens is 3. The lowest BCUT2D eigenvalue weighted by atomic mass is 10.6. The van der Waals surface area contributed by atoms with Crippen molar-refractivity contribution in [2.45, 2.75) is 11.8 Å². The molecule has 0 radical (unpaired) electrons. The van der Waals surface area contributed by atoms with Gasteiger partial charge in [-0.2, -0.15) is 0 Å². The van der Waals surface area contributed by atoms with Crippen molar-refractivity contribution in [2.24, 2.45) is 7.05 Å². The Labute approximate surface area is 89.2 Å². The molecule has 0 aromatic carbocycles. The van der Waals surface area contributed by atoms with E-state index in [-0.39, 0.29) is 6.61 Å². The fourth-order valence-electron chi connectivity index (χ4n) is 0.751. The van der Waals surface area contributed by atoms with Gasteiger partial charge in [-0.05, 0) is 4.48 Å². The van der Waals surface area contributed by atoms with Crippen molar-refractivity contribution in [3.05, 3.63) is 16.9 Å². The van der Waals surface area contributed by atoms with Crippen LogP contribution in [0, 0.1) is 0 Å². The summed E-state index contributed by atoms with van der Waals surface area (Å²) in [5.74, 6) is 1.32. The molecular formula is C7H10BrN3OS. The summed E-state index contributed by atoms with van der Waals surface area (Å²) in [4.78, 5) is 0. The second-order valence-electron chi connectivity index (χ2n) is 2.42. The van der Waals surface area contributed by atoms with Crippen LogP contribution in [0.2, 0.25) is 0 Å². The fourth-order valence-corrected chi connectivity index (χ4v) is 1.78. The summed E-state index contributed by atoms with van der Waals surface area (Å²) in [6, 6.07) is 0. The Hall–Kier alpha value is -0.330. The van der Waals surface area contributed by atoms with Crippen LogP contribution < -0.4 is 0 Å². The third kappa shape index (κ3) is 2.82. The predicted molar refractivity (Wildman–Crippen MR) is 55.7 cm³/mol. The van der Waals surface area contributed by atoms with Gasteiger partial charge in [0.15, 0.2) is 11.0 Å². The molecule has 0 amide bonds. The second kappa shape index (κ2) is 4.78. The molecule has 0 bridgehead atoms. The number of nitrogens with zero attached hydrogens (tertiary/aromatic N) is 3. The van der Waals surface area contributed by atoms with E-state index in [1.54, 1.807) is 4.57 Å². The first-order valence-corrected chi connectivity index (χ1v) is 5.38. The molecule has 1 aromatic rings.